The van der Waals surface area contributed by atoms with Crippen molar-refractivity contribution in [3.8, 4) is 5.75 Å². The fraction of sp³-hybridized carbons (Fsp3) is 0.300. The number of ether oxygens (including phenoxy) is 1. The van der Waals surface area contributed by atoms with E-state index in [1.165, 1.54) is 10.5 Å². The molecule has 0 aliphatic rings. The first-order chi connectivity index (χ1) is 18.7. The number of carbonyl (C=O) groups excluding carboxylic acids is 2. The predicted molar refractivity (Wildman–Crippen MR) is 156 cm³/mol. The van der Waals surface area contributed by atoms with Crippen LogP contribution in [0.2, 0.25) is 0 Å². The van der Waals surface area contributed by atoms with Crippen molar-refractivity contribution >= 4 is 34.7 Å². The zero-order chi connectivity index (χ0) is 28.1. The van der Waals surface area contributed by atoms with Crippen molar-refractivity contribution in [2.75, 3.05) is 57.0 Å². The first-order valence-corrected chi connectivity index (χ1v) is 12.9. The topological polar surface area (TPSA) is 82.4 Å². The number of amides is 2. The first kappa shape index (κ1) is 27.5. The molecule has 0 saturated carbocycles. The molecule has 2 heterocycles. The summed E-state index contributed by atoms with van der Waals surface area (Å²) in [5, 5.41) is 2.93. The number of pyridine rings is 1. The number of fused-ring (bicyclic) bond motifs is 1. The van der Waals surface area contributed by atoms with Gasteiger partial charge < -0.3 is 24.8 Å². The number of rotatable bonds is 10. The molecule has 0 aliphatic heterocycles. The number of hydrogen-bond acceptors (Lipinski definition) is 6. The van der Waals surface area contributed by atoms with Gasteiger partial charge in [0, 0.05) is 65.4 Å². The summed E-state index contributed by atoms with van der Waals surface area (Å²) in [6.07, 6.45) is 2.60. The number of imidazole rings is 1. The molecule has 0 aliphatic carbocycles. The third-order valence-electron chi connectivity index (χ3n) is 6.45. The normalized spacial score (nSPS) is 10.8. The van der Waals surface area contributed by atoms with E-state index in [4.69, 9.17) is 9.72 Å². The number of aryl methyl sites for hydroxylation is 1. The van der Waals surface area contributed by atoms with E-state index >= 15 is 0 Å². The van der Waals surface area contributed by atoms with Crippen LogP contribution in [-0.2, 0) is 17.8 Å². The zero-order valence-electron chi connectivity index (χ0n) is 23.4. The van der Waals surface area contributed by atoms with E-state index in [1.54, 1.807) is 44.4 Å². The van der Waals surface area contributed by atoms with Crippen molar-refractivity contribution in [1.29, 1.82) is 0 Å². The second-order valence-electron chi connectivity index (χ2n) is 9.86. The maximum atomic E-state index is 13.2. The molecule has 9 heteroatoms. The van der Waals surface area contributed by atoms with Crippen molar-refractivity contribution in [2.45, 2.75) is 19.9 Å². The minimum Gasteiger partial charge on any atom is -0.484 e. The third-order valence-corrected chi connectivity index (χ3v) is 6.45. The van der Waals surface area contributed by atoms with E-state index in [2.05, 4.69) is 46.3 Å². The molecule has 0 bridgehead atoms. The Morgan fingerprint density at radius 1 is 0.974 bits per heavy atom. The van der Waals surface area contributed by atoms with Crippen molar-refractivity contribution in [3.63, 3.8) is 0 Å². The highest BCUT2D eigenvalue weighted by atomic mass is 16.5. The van der Waals surface area contributed by atoms with E-state index in [-0.39, 0.29) is 18.4 Å². The Morgan fingerprint density at radius 2 is 1.72 bits per heavy atom. The molecule has 204 valence electrons. The number of anilines is 3. The molecule has 0 atom stereocenters. The van der Waals surface area contributed by atoms with Crippen LogP contribution in [-0.4, -0.2) is 67.9 Å². The minimum absolute atomic E-state index is 0.0719. The van der Waals surface area contributed by atoms with Gasteiger partial charge in [0.15, 0.2) is 6.61 Å². The van der Waals surface area contributed by atoms with Crippen LogP contribution in [0.4, 0.5) is 17.2 Å². The quantitative estimate of drug-likeness (QED) is 0.330. The molecule has 9 nitrogen and oxygen atoms in total. The molecular formula is C30H36N6O3. The van der Waals surface area contributed by atoms with Gasteiger partial charge in [-0.3, -0.25) is 14.0 Å². The SMILES string of the molecule is CCc1nc2ccc(C(=O)Nc3cccc(OCC(=O)N(C)C)c3)cn2c1N(C)Cc1ccc(N(C)C)cc1. The lowest BCUT2D eigenvalue weighted by Gasteiger charge is -2.21. The van der Waals surface area contributed by atoms with Crippen LogP contribution in [0.3, 0.4) is 0 Å². The maximum absolute atomic E-state index is 13.2. The molecule has 0 radical (unpaired) electrons. The van der Waals surface area contributed by atoms with Crippen molar-refractivity contribution < 1.29 is 14.3 Å². The van der Waals surface area contributed by atoms with Gasteiger partial charge >= 0.3 is 0 Å². The van der Waals surface area contributed by atoms with Gasteiger partial charge in [0.25, 0.3) is 11.8 Å². The van der Waals surface area contributed by atoms with Gasteiger partial charge in [0.1, 0.15) is 17.2 Å². The van der Waals surface area contributed by atoms with Gasteiger partial charge in [-0.2, -0.15) is 0 Å². The Kier molecular flexibility index (Phi) is 8.39. The number of hydrogen-bond donors (Lipinski definition) is 1. The summed E-state index contributed by atoms with van der Waals surface area (Å²) in [5.74, 6) is 1.07. The first-order valence-electron chi connectivity index (χ1n) is 12.9. The predicted octanol–water partition coefficient (Wildman–Crippen LogP) is 4.32. The van der Waals surface area contributed by atoms with E-state index < -0.39 is 0 Å². The summed E-state index contributed by atoms with van der Waals surface area (Å²) in [5.41, 5.74) is 5.17. The summed E-state index contributed by atoms with van der Waals surface area (Å²) in [6, 6.07) is 19.1. The Labute approximate surface area is 229 Å². The molecular weight excluding hydrogens is 492 g/mol. The molecule has 4 aromatic rings. The van der Waals surface area contributed by atoms with E-state index in [1.807, 2.05) is 37.8 Å². The van der Waals surface area contributed by atoms with Crippen LogP contribution in [0.25, 0.3) is 5.65 Å². The third kappa shape index (κ3) is 6.49. The monoisotopic (exact) mass is 528 g/mol. The number of nitrogens with one attached hydrogen (secondary N) is 1. The average molecular weight is 529 g/mol. The lowest BCUT2D eigenvalue weighted by atomic mass is 10.2. The number of carbonyl (C=O) groups is 2. The van der Waals surface area contributed by atoms with Crippen LogP contribution in [0.1, 0.15) is 28.5 Å². The number of benzene rings is 2. The summed E-state index contributed by atoms with van der Waals surface area (Å²) in [7, 11) is 9.45. The molecule has 2 amide bonds. The van der Waals surface area contributed by atoms with Crippen LogP contribution in [0.5, 0.6) is 5.75 Å². The fourth-order valence-electron chi connectivity index (χ4n) is 4.25. The van der Waals surface area contributed by atoms with Crippen LogP contribution in [0.15, 0.2) is 66.9 Å². The van der Waals surface area contributed by atoms with E-state index in [0.717, 1.165) is 29.3 Å². The number of aromatic nitrogens is 2. The van der Waals surface area contributed by atoms with Crippen molar-refractivity contribution in [1.82, 2.24) is 14.3 Å². The molecule has 39 heavy (non-hydrogen) atoms. The van der Waals surface area contributed by atoms with E-state index in [0.29, 0.717) is 23.5 Å². The summed E-state index contributed by atoms with van der Waals surface area (Å²) >= 11 is 0. The molecule has 0 unspecified atom stereocenters. The highest BCUT2D eigenvalue weighted by Crippen LogP contribution is 2.26. The highest BCUT2D eigenvalue weighted by Gasteiger charge is 2.17. The van der Waals surface area contributed by atoms with Gasteiger partial charge in [0.05, 0.1) is 11.3 Å². The Balaban J connectivity index is 1.54. The van der Waals surface area contributed by atoms with Crippen molar-refractivity contribution in [3.05, 3.63) is 83.7 Å². The summed E-state index contributed by atoms with van der Waals surface area (Å²) < 4.78 is 7.56. The Hall–Kier alpha value is -4.53. The summed E-state index contributed by atoms with van der Waals surface area (Å²) in [6.45, 7) is 2.71. The molecule has 0 saturated heterocycles. The van der Waals surface area contributed by atoms with Crippen LogP contribution < -0.4 is 19.9 Å². The standard InChI is InChI=1S/C30H36N6O3/c1-7-26-30(35(6)18-21-11-14-24(15-12-21)33(2)3)36-19-22(13-16-27(36)32-26)29(38)31-23-9-8-10-25(17-23)39-20-28(37)34(4)5/h8-17,19H,7,18,20H2,1-6H3,(H,31,38). The van der Waals surface area contributed by atoms with Gasteiger partial charge in [-0.1, -0.05) is 25.1 Å². The zero-order valence-corrected chi connectivity index (χ0v) is 23.4. The second kappa shape index (κ2) is 11.9. The average Bonchev–Trinajstić information content (AvgIpc) is 3.30. The maximum Gasteiger partial charge on any atom is 0.259 e. The molecule has 2 aromatic heterocycles. The molecule has 4 rings (SSSR count). The highest BCUT2D eigenvalue weighted by molar-refractivity contribution is 6.04. The van der Waals surface area contributed by atoms with Crippen LogP contribution in [0, 0.1) is 0 Å². The Morgan fingerprint density at radius 3 is 2.38 bits per heavy atom. The smallest absolute Gasteiger partial charge is 0.259 e. The largest absolute Gasteiger partial charge is 0.484 e. The molecule has 0 spiro atoms. The molecule has 1 N–H and O–H groups in total. The summed E-state index contributed by atoms with van der Waals surface area (Å²) in [4.78, 5) is 35.5. The van der Waals surface area contributed by atoms with Gasteiger partial charge in [-0.15, -0.1) is 0 Å². The minimum atomic E-state index is -0.252. The lowest BCUT2D eigenvalue weighted by Crippen LogP contribution is -2.27. The Bertz CT molecular complexity index is 1460. The van der Waals surface area contributed by atoms with Crippen molar-refractivity contribution in [2.24, 2.45) is 0 Å². The number of nitrogens with zero attached hydrogens (tertiary/aromatic N) is 5. The molecule has 2 aromatic carbocycles. The lowest BCUT2D eigenvalue weighted by molar-refractivity contribution is -0.130. The van der Waals surface area contributed by atoms with Gasteiger partial charge in [-0.05, 0) is 48.4 Å². The van der Waals surface area contributed by atoms with Gasteiger partial charge in [0.2, 0.25) is 0 Å². The number of likely N-dealkylation sites (N-methyl/N-ethyl adjacent to an activating group) is 1. The van der Waals surface area contributed by atoms with E-state index in [9.17, 15) is 9.59 Å². The van der Waals surface area contributed by atoms with Gasteiger partial charge in [-0.25, -0.2) is 4.98 Å². The fourth-order valence-corrected chi connectivity index (χ4v) is 4.25. The van der Waals surface area contributed by atoms with Crippen LogP contribution >= 0.6 is 0 Å². The molecule has 0 fully saturated rings. The second-order valence-corrected chi connectivity index (χ2v) is 9.86.